The minimum Gasteiger partial charge on any atom is -0.380 e. The minimum absolute atomic E-state index is 0.683. The molecule has 0 unspecified atom stereocenters. The Balaban J connectivity index is 1.84. The van der Waals surface area contributed by atoms with Gasteiger partial charge in [-0.3, -0.25) is 5.10 Å². The van der Waals surface area contributed by atoms with Gasteiger partial charge in [-0.1, -0.05) is 6.92 Å². The van der Waals surface area contributed by atoms with Crippen LogP contribution in [0.25, 0.3) is 0 Å². The van der Waals surface area contributed by atoms with Gasteiger partial charge in [-0.05, 0) is 18.8 Å². The van der Waals surface area contributed by atoms with E-state index in [4.69, 9.17) is 0 Å². The molecule has 0 aromatic carbocycles. The second-order valence-electron chi connectivity index (χ2n) is 3.40. The normalized spacial score (nSPS) is 29.5. The summed E-state index contributed by atoms with van der Waals surface area (Å²) in [6.07, 6.45) is 6.31. The summed E-state index contributed by atoms with van der Waals surface area (Å²) >= 11 is 0. The summed E-state index contributed by atoms with van der Waals surface area (Å²) in [4.78, 5) is 0. The summed E-state index contributed by atoms with van der Waals surface area (Å²) in [6.45, 7) is 2.29. The first-order chi connectivity index (χ1) is 5.34. The lowest BCUT2D eigenvalue weighted by atomic mass is 9.82. The molecule has 2 N–H and O–H groups in total. The summed E-state index contributed by atoms with van der Waals surface area (Å²) in [5.41, 5.74) is 1.11. The van der Waals surface area contributed by atoms with E-state index in [1.807, 2.05) is 12.4 Å². The first-order valence-electron chi connectivity index (χ1n) is 4.10. The van der Waals surface area contributed by atoms with Gasteiger partial charge in [-0.15, -0.1) is 0 Å². The highest BCUT2D eigenvalue weighted by molar-refractivity contribution is 5.39. The monoisotopic (exact) mass is 151 g/mol. The Morgan fingerprint density at radius 2 is 2.45 bits per heavy atom. The molecule has 0 spiro atoms. The zero-order chi connectivity index (χ0) is 7.68. The van der Waals surface area contributed by atoms with Crippen molar-refractivity contribution < 1.29 is 0 Å². The molecule has 2 rings (SSSR count). The van der Waals surface area contributed by atoms with E-state index in [9.17, 15) is 0 Å². The Hall–Kier alpha value is -0.990. The smallest absolute Gasteiger partial charge is 0.0725 e. The van der Waals surface area contributed by atoms with Gasteiger partial charge in [0.15, 0.2) is 0 Å². The average molecular weight is 151 g/mol. The van der Waals surface area contributed by atoms with Gasteiger partial charge in [0.05, 0.1) is 11.9 Å². The zero-order valence-electron chi connectivity index (χ0n) is 6.67. The molecule has 1 heterocycles. The predicted octanol–water partition coefficient (Wildman–Crippen LogP) is 1.62. The number of rotatable bonds is 2. The van der Waals surface area contributed by atoms with Crippen LogP contribution in [0.5, 0.6) is 0 Å². The van der Waals surface area contributed by atoms with Crippen LogP contribution in [0.15, 0.2) is 12.4 Å². The van der Waals surface area contributed by atoms with E-state index in [1.54, 1.807) is 0 Å². The van der Waals surface area contributed by atoms with Crippen LogP contribution in [0.4, 0.5) is 5.69 Å². The second kappa shape index (κ2) is 2.57. The number of nitrogens with zero attached hydrogens (tertiary/aromatic N) is 1. The highest BCUT2D eigenvalue weighted by atomic mass is 15.1. The third-order valence-corrected chi connectivity index (χ3v) is 2.24. The SMILES string of the molecule is CC1CC(Nc2cn[nH]c2)C1. The van der Waals surface area contributed by atoms with Crippen molar-refractivity contribution in [2.75, 3.05) is 5.32 Å². The fourth-order valence-electron chi connectivity index (χ4n) is 1.59. The summed E-state index contributed by atoms with van der Waals surface area (Å²) in [6, 6.07) is 0.683. The lowest BCUT2D eigenvalue weighted by Crippen LogP contribution is -2.33. The molecule has 0 saturated heterocycles. The number of hydrogen-bond acceptors (Lipinski definition) is 2. The Morgan fingerprint density at radius 3 is 3.00 bits per heavy atom. The molecular formula is C8H13N3. The molecular weight excluding hydrogens is 138 g/mol. The van der Waals surface area contributed by atoms with Crippen molar-refractivity contribution in [2.24, 2.45) is 5.92 Å². The topological polar surface area (TPSA) is 40.7 Å². The van der Waals surface area contributed by atoms with Crippen molar-refractivity contribution in [3.05, 3.63) is 12.4 Å². The van der Waals surface area contributed by atoms with Crippen molar-refractivity contribution >= 4 is 5.69 Å². The fraction of sp³-hybridized carbons (Fsp3) is 0.625. The molecule has 1 aromatic rings. The van der Waals surface area contributed by atoms with Crippen molar-refractivity contribution in [3.8, 4) is 0 Å². The zero-order valence-corrected chi connectivity index (χ0v) is 6.67. The molecule has 1 saturated carbocycles. The predicted molar refractivity (Wildman–Crippen MR) is 44.4 cm³/mol. The molecule has 60 valence electrons. The third-order valence-electron chi connectivity index (χ3n) is 2.24. The maximum Gasteiger partial charge on any atom is 0.0725 e. The highest BCUT2D eigenvalue weighted by Gasteiger charge is 2.24. The molecule has 1 aromatic heterocycles. The lowest BCUT2D eigenvalue weighted by molar-refractivity contribution is 0.309. The molecule has 3 nitrogen and oxygen atoms in total. The number of aromatic amines is 1. The maximum absolute atomic E-state index is 3.87. The number of aromatic nitrogens is 2. The van der Waals surface area contributed by atoms with E-state index in [-0.39, 0.29) is 0 Å². The molecule has 3 heteroatoms. The van der Waals surface area contributed by atoms with E-state index in [1.165, 1.54) is 12.8 Å². The van der Waals surface area contributed by atoms with E-state index in [2.05, 4.69) is 22.4 Å². The third kappa shape index (κ3) is 1.37. The van der Waals surface area contributed by atoms with E-state index < -0.39 is 0 Å². The van der Waals surface area contributed by atoms with E-state index >= 15 is 0 Å². The molecule has 1 fully saturated rings. The molecule has 1 aliphatic carbocycles. The number of H-pyrrole nitrogens is 1. The molecule has 1 aliphatic rings. The maximum atomic E-state index is 3.87. The van der Waals surface area contributed by atoms with Crippen molar-refractivity contribution in [1.82, 2.24) is 10.2 Å². The van der Waals surface area contributed by atoms with Crippen LogP contribution in [0, 0.1) is 5.92 Å². The van der Waals surface area contributed by atoms with Crippen LogP contribution in [0.2, 0.25) is 0 Å². The molecule has 0 atom stereocenters. The summed E-state index contributed by atoms with van der Waals surface area (Å²) in [7, 11) is 0. The minimum atomic E-state index is 0.683. The second-order valence-corrected chi connectivity index (χ2v) is 3.40. The van der Waals surface area contributed by atoms with Crippen LogP contribution in [-0.4, -0.2) is 16.2 Å². The summed E-state index contributed by atoms with van der Waals surface area (Å²) < 4.78 is 0. The molecule has 0 amide bonds. The molecule has 0 aliphatic heterocycles. The first-order valence-corrected chi connectivity index (χ1v) is 4.10. The van der Waals surface area contributed by atoms with Crippen molar-refractivity contribution in [2.45, 2.75) is 25.8 Å². The largest absolute Gasteiger partial charge is 0.380 e. The van der Waals surface area contributed by atoms with Crippen LogP contribution >= 0.6 is 0 Å². The van der Waals surface area contributed by atoms with E-state index in [0.29, 0.717) is 6.04 Å². The standard InChI is InChI=1S/C8H13N3/c1-6-2-7(3-6)11-8-4-9-10-5-8/h4-7,11H,2-3H2,1H3,(H,9,10). The van der Waals surface area contributed by atoms with Crippen LogP contribution in [0.1, 0.15) is 19.8 Å². The van der Waals surface area contributed by atoms with Crippen molar-refractivity contribution in [1.29, 1.82) is 0 Å². The van der Waals surface area contributed by atoms with Gasteiger partial charge >= 0.3 is 0 Å². The van der Waals surface area contributed by atoms with Gasteiger partial charge in [-0.2, -0.15) is 5.10 Å². The summed E-state index contributed by atoms with van der Waals surface area (Å²) in [5.74, 6) is 0.902. The summed E-state index contributed by atoms with van der Waals surface area (Å²) in [5, 5.41) is 10.0. The van der Waals surface area contributed by atoms with Crippen molar-refractivity contribution in [3.63, 3.8) is 0 Å². The average Bonchev–Trinajstić information content (AvgIpc) is 2.36. The van der Waals surface area contributed by atoms with Gasteiger partial charge in [0.2, 0.25) is 0 Å². The van der Waals surface area contributed by atoms with Gasteiger partial charge in [0.25, 0.3) is 0 Å². The van der Waals surface area contributed by atoms with Crippen LogP contribution in [-0.2, 0) is 0 Å². The van der Waals surface area contributed by atoms with Gasteiger partial charge in [0.1, 0.15) is 0 Å². The van der Waals surface area contributed by atoms with E-state index in [0.717, 1.165) is 11.6 Å². The van der Waals surface area contributed by atoms with Gasteiger partial charge < -0.3 is 5.32 Å². The quantitative estimate of drug-likeness (QED) is 0.674. The molecule has 0 bridgehead atoms. The fourth-order valence-corrected chi connectivity index (χ4v) is 1.59. The number of anilines is 1. The van der Waals surface area contributed by atoms with Gasteiger partial charge in [0, 0.05) is 12.2 Å². The Bertz CT molecular complexity index is 211. The lowest BCUT2D eigenvalue weighted by Gasteiger charge is -2.33. The van der Waals surface area contributed by atoms with Crippen LogP contribution < -0.4 is 5.32 Å². The van der Waals surface area contributed by atoms with Gasteiger partial charge in [-0.25, -0.2) is 0 Å². The highest BCUT2D eigenvalue weighted by Crippen LogP contribution is 2.28. The molecule has 11 heavy (non-hydrogen) atoms. The van der Waals surface area contributed by atoms with Crippen LogP contribution in [0.3, 0.4) is 0 Å². The Kier molecular flexibility index (Phi) is 1.56. The number of hydrogen-bond donors (Lipinski definition) is 2. The first kappa shape index (κ1) is 6.70. The Morgan fingerprint density at radius 1 is 1.64 bits per heavy atom. The molecule has 0 radical (unpaired) electrons. The Labute approximate surface area is 66.2 Å². The number of nitrogens with one attached hydrogen (secondary N) is 2.